The molecule has 5 nitrogen and oxygen atoms in total. The van der Waals surface area contributed by atoms with Crippen molar-refractivity contribution in [1.29, 1.82) is 0 Å². The molecule has 0 radical (unpaired) electrons. The number of hydrogen-bond acceptors (Lipinski definition) is 3. The normalized spacial score (nSPS) is 16.6. The molecule has 5 heteroatoms. The molecule has 1 atom stereocenters. The van der Waals surface area contributed by atoms with Crippen LogP contribution in [-0.4, -0.2) is 27.8 Å². The Balaban J connectivity index is 1.85. The number of hydrogen-bond donors (Lipinski definition) is 3. The minimum atomic E-state index is -0.0106. The minimum Gasteiger partial charge on any atom is -0.395 e. The zero-order chi connectivity index (χ0) is 14.7. The monoisotopic (exact) mass is 281 g/mol. The van der Waals surface area contributed by atoms with E-state index in [4.69, 9.17) is 5.11 Å². The number of H-pyrrole nitrogens is 1. The SMILES string of the molecule is O=C1CC(c2ccc(C#CCCO)cc2)c2cn[nH]c2N1. The van der Waals surface area contributed by atoms with Gasteiger partial charge < -0.3 is 10.4 Å². The van der Waals surface area contributed by atoms with Crippen molar-refractivity contribution in [2.75, 3.05) is 11.9 Å². The molecule has 1 aromatic heterocycles. The molecule has 2 heterocycles. The van der Waals surface area contributed by atoms with Crippen molar-refractivity contribution in [2.24, 2.45) is 0 Å². The molecule has 1 aliphatic rings. The van der Waals surface area contributed by atoms with Gasteiger partial charge in [-0.1, -0.05) is 24.0 Å². The number of aromatic amines is 1. The summed E-state index contributed by atoms with van der Waals surface area (Å²) in [6, 6.07) is 7.85. The third-order valence-corrected chi connectivity index (χ3v) is 3.48. The first kappa shape index (κ1) is 13.4. The van der Waals surface area contributed by atoms with E-state index in [0.717, 1.165) is 16.7 Å². The van der Waals surface area contributed by atoms with Crippen LogP contribution in [0.3, 0.4) is 0 Å². The highest BCUT2D eigenvalue weighted by Crippen LogP contribution is 2.35. The van der Waals surface area contributed by atoms with Crippen LogP contribution >= 0.6 is 0 Å². The Bertz CT molecular complexity index is 707. The summed E-state index contributed by atoms with van der Waals surface area (Å²) >= 11 is 0. The molecule has 106 valence electrons. The van der Waals surface area contributed by atoms with Crippen molar-refractivity contribution in [3.8, 4) is 11.8 Å². The van der Waals surface area contributed by atoms with E-state index < -0.39 is 0 Å². The fourth-order valence-electron chi connectivity index (χ4n) is 2.46. The van der Waals surface area contributed by atoms with E-state index in [2.05, 4.69) is 27.4 Å². The third kappa shape index (κ3) is 2.81. The smallest absolute Gasteiger partial charge is 0.226 e. The van der Waals surface area contributed by atoms with Crippen LogP contribution in [0, 0.1) is 11.8 Å². The van der Waals surface area contributed by atoms with Gasteiger partial charge in [-0.05, 0) is 17.7 Å². The minimum absolute atomic E-state index is 0.0106. The quantitative estimate of drug-likeness (QED) is 0.732. The second kappa shape index (κ2) is 5.81. The van der Waals surface area contributed by atoms with Gasteiger partial charge in [0.05, 0.1) is 12.8 Å². The molecule has 2 aromatic rings. The summed E-state index contributed by atoms with van der Waals surface area (Å²) < 4.78 is 0. The Morgan fingerprint density at radius 1 is 1.33 bits per heavy atom. The van der Waals surface area contributed by atoms with Crippen LogP contribution < -0.4 is 5.32 Å². The molecule has 0 saturated heterocycles. The summed E-state index contributed by atoms with van der Waals surface area (Å²) in [6.07, 6.45) is 2.65. The van der Waals surface area contributed by atoms with Gasteiger partial charge in [-0.3, -0.25) is 9.89 Å². The van der Waals surface area contributed by atoms with E-state index in [1.807, 2.05) is 24.3 Å². The number of fused-ring (bicyclic) bond motifs is 1. The predicted molar refractivity (Wildman–Crippen MR) is 78.7 cm³/mol. The van der Waals surface area contributed by atoms with Crippen molar-refractivity contribution < 1.29 is 9.90 Å². The Hall–Kier alpha value is -2.58. The molecule has 0 fully saturated rings. The summed E-state index contributed by atoms with van der Waals surface area (Å²) in [4.78, 5) is 11.7. The van der Waals surface area contributed by atoms with Gasteiger partial charge in [0.1, 0.15) is 5.82 Å². The number of aliphatic hydroxyl groups excluding tert-OH is 1. The number of carbonyl (C=O) groups is 1. The summed E-state index contributed by atoms with van der Waals surface area (Å²) in [5, 5.41) is 18.3. The lowest BCUT2D eigenvalue weighted by Crippen LogP contribution is -2.22. The molecule has 1 aliphatic heterocycles. The van der Waals surface area contributed by atoms with Gasteiger partial charge in [0, 0.05) is 29.9 Å². The van der Waals surface area contributed by atoms with Gasteiger partial charge >= 0.3 is 0 Å². The molecule has 21 heavy (non-hydrogen) atoms. The maximum Gasteiger partial charge on any atom is 0.226 e. The molecule has 1 aromatic carbocycles. The first-order chi connectivity index (χ1) is 10.3. The number of anilines is 1. The maximum atomic E-state index is 11.7. The first-order valence-electron chi connectivity index (χ1n) is 6.80. The van der Waals surface area contributed by atoms with E-state index in [1.165, 1.54) is 0 Å². The lowest BCUT2D eigenvalue weighted by molar-refractivity contribution is -0.116. The highest BCUT2D eigenvalue weighted by molar-refractivity contribution is 5.94. The van der Waals surface area contributed by atoms with Crippen molar-refractivity contribution in [3.05, 3.63) is 47.2 Å². The number of nitrogens with zero attached hydrogens (tertiary/aromatic N) is 1. The van der Waals surface area contributed by atoms with Gasteiger partial charge in [0.25, 0.3) is 0 Å². The average Bonchev–Trinajstić information content (AvgIpc) is 2.95. The fraction of sp³-hybridized carbons (Fsp3) is 0.250. The highest BCUT2D eigenvalue weighted by Gasteiger charge is 2.27. The number of aromatic nitrogens is 2. The largest absolute Gasteiger partial charge is 0.395 e. The fourth-order valence-corrected chi connectivity index (χ4v) is 2.46. The van der Waals surface area contributed by atoms with Crippen molar-refractivity contribution in [2.45, 2.75) is 18.8 Å². The molecule has 0 saturated carbocycles. The van der Waals surface area contributed by atoms with Crippen molar-refractivity contribution >= 4 is 11.7 Å². The van der Waals surface area contributed by atoms with Crippen LogP contribution in [0.2, 0.25) is 0 Å². The van der Waals surface area contributed by atoms with E-state index in [-0.39, 0.29) is 18.4 Å². The summed E-state index contributed by atoms with van der Waals surface area (Å²) in [5.41, 5.74) is 2.98. The third-order valence-electron chi connectivity index (χ3n) is 3.48. The Labute approximate surface area is 122 Å². The van der Waals surface area contributed by atoms with E-state index in [9.17, 15) is 4.79 Å². The topological polar surface area (TPSA) is 78.0 Å². The molecular formula is C16H15N3O2. The van der Waals surface area contributed by atoms with Gasteiger partial charge in [0.15, 0.2) is 0 Å². The van der Waals surface area contributed by atoms with Crippen LogP contribution in [0.15, 0.2) is 30.5 Å². The summed E-state index contributed by atoms with van der Waals surface area (Å²) in [6.45, 7) is 0.0749. The first-order valence-corrected chi connectivity index (χ1v) is 6.80. The Morgan fingerprint density at radius 2 is 2.14 bits per heavy atom. The van der Waals surface area contributed by atoms with Crippen LogP contribution in [0.25, 0.3) is 0 Å². The van der Waals surface area contributed by atoms with Crippen molar-refractivity contribution in [3.63, 3.8) is 0 Å². The number of benzene rings is 1. The molecule has 0 bridgehead atoms. The lowest BCUT2D eigenvalue weighted by Gasteiger charge is -2.22. The van der Waals surface area contributed by atoms with Crippen LogP contribution in [0.5, 0.6) is 0 Å². The van der Waals surface area contributed by atoms with E-state index in [0.29, 0.717) is 18.7 Å². The molecule has 1 amide bonds. The van der Waals surface area contributed by atoms with Crippen LogP contribution in [0.4, 0.5) is 5.82 Å². The lowest BCUT2D eigenvalue weighted by atomic mass is 9.87. The molecule has 0 spiro atoms. The number of nitrogens with one attached hydrogen (secondary N) is 2. The molecule has 3 rings (SSSR count). The van der Waals surface area contributed by atoms with Crippen LogP contribution in [0.1, 0.15) is 35.4 Å². The van der Waals surface area contributed by atoms with Gasteiger partial charge in [-0.25, -0.2) is 0 Å². The number of carbonyl (C=O) groups excluding carboxylic acids is 1. The molecule has 1 unspecified atom stereocenters. The van der Waals surface area contributed by atoms with Gasteiger partial charge in [-0.15, -0.1) is 0 Å². The summed E-state index contributed by atoms with van der Waals surface area (Å²) in [7, 11) is 0. The zero-order valence-electron chi connectivity index (χ0n) is 11.4. The zero-order valence-corrected chi connectivity index (χ0v) is 11.4. The van der Waals surface area contributed by atoms with Crippen molar-refractivity contribution in [1.82, 2.24) is 10.2 Å². The van der Waals surface area contributed by atoms with E-state index in [1.54, 1.807) is 6.20 Å². The Kier molecular flexibility index (Phi) is 3.71. The van der Waals surface area contributed by atoms with E-state index >= 15 is 0 Å². The number of amides is 1. The second-order valence-electron chi connectivity index (χ2n) is 4.90. The standard InChI is InChI=1S/C16H15N3O2/c20-8-2-1-3-11-4-6-12(7-5-11)13-9-15(21)18-16-14(13)10-17-19-16/h4-7,10,13,20H,2,8-9H2,(H2,17,18,19,21). The highest BCUT2D eigenvalue weighted by atomic mass is 16.2. The molecule has 3 N–H and O–H groups in total. The second-order valence-corrected chi connectivity index (χ2v) is 4.90. The predicted octanol–water partition coefficient (Wildman–Crippen LogP) is 1.62. The van der Waals surface area contributed by atoms with Gasteiger partial charge in [0.2, 0.25) is 5.91 Å². The summed E-state index contributed by atoms with van der Waals surface area (Å²) in [5.74, 6) is 6.57. The number of aliphatic hydroxyl groups is 1. The Morgan fingerprint density at radius 3 is 2.90 bits per heavy atom. The average molecular weight is 281 g/mol. The molecular weight excluding hydrogens is 266 g/mol. The van der Waals surface area contributed by atoms with Gasteiger partial charge in [-0.2, -0.15) is 5.10 Å². The maximum absolute atomic E-state index is 11.7. The number of rotatable bonds is 2. The van der Waals surface area contributed by atoms with Crippen LogP contribution in [-0.2, 0) is 4.79 Å². The molecule has 0 aliphatic carbocycles.